The van der Waals surface area contributed by atoms with Gasteiger partial charge in [-0.05, 0) is 43.7 Å². The Balaban J connectivity index is 2.06. The molecule has 7 heteroatoms. The number of aliphatic hydroxyl groups excluding tert-OH is 1. The molecule has 0 unspecified atom stereocenters. The van der Waals surface area contributed by atoms with Gasteiger partial charge in [0, 0.05) is 6.54 Å². The van der Waals surface area contributed by atoms with Crippen molar-refractivity contribution in [3.05, 3.63) is 23.4 Å². The Hall–Kier alpha value is -1.81. The number of alkyl halides is 3. The third kappa shape index (κ3) is 4.08. The molecule has 0 amide bonds. The predicted octanol–water partition coefficient (Wildman–Crippen LogP) is 2.94. The van der Waals surface area contributed by atoms with E-state index in [0.29, 0.717) is 19.4 Å². The highest BCUT2D eigenvalue weighted by atomic mass is 19.4. The smallest absolute Gasteiger partial charge is 0.393 e. The standard InChI is InChI=1S/C14H16F3N3O/c15-14(16,17)12-6-3-10(7-18)13(20-12)19-8-9-1-4-11(21)5-2-9/h3,6,9,11,21H,1-2,4-5,8H2,(H,19,20). The summed E-state index contributed by atoms with van der Waals surface area (Å²) >= 11 is 0. The average molecular weight is 299 g/mol. The first kappa shape index (κ1) is 15.6. The topological polar surface area (TPSA) is 68.9 Å². The van der Waals surface area contributed by atoms with Gasteiger partial charge in [0.1, 0.15) is 17.6 Å². The minimum atomic E-state index is -4.53. The van der Waals surface area contributed by atoms with Crippen LogP contribution in [-0.2, 0) is 6.18 Å². The summed E-state index contributed by atoms with van der Waals surface area (Å²) < 4.78 is 37.9. The van der Waals surface area contributed by atoms with Crippen molar-refractivity contribution in [2.24, 2.45) is 5.92 Å². The summed E-state index contributed by atoms with van der Waals surface area (Å²) in [7, 11) is 0. The molecule has 1 saturated carbocycles. The van der Waals surface area contributed by atoms with Crippen LogP contribution in [-0.4, -0.2) is 22.7 Å². The van der Waals surface area contributed by atoms with Crippen molar-refractivity contribution in [1.29, 1.82) is 5.26 Å². The van der Waals surface area contributed by atoms with Crippen molar-refractivity contribution in [2.75, 3.05) is 11.9 Å². The summed E-state index contributed by atoms with van der Waals surface area (Å²) in [5, 5.41) is 21.2. The van der Waals surface area contributed by atoms with E-state index < -0.39 is 11.9 Å². The third-order valence-electron chi connectivity index (χ3n) is 3.68. The van der Waals surface area contributed by atoms with Crippen LogP contribution in [0.25, 0.3) is 0 Å². The molecule has 1 fully saturated rings. The van der Waals surface area contributed by atoms with E-state index in [4.69, 9.17) is 5.26 Å². The van der Waals surface area contributed by atoms with E-state index in [0.717, 1.165) is 25.0 Å². The van der Waals surface area contributed by atoms with Crippen LogP contribution in [0.2, 0.25) is 0 Å². The minimum absolute atomic E-state index is 0.0292. The molecule has 2 N–H and O–H groups in total. The Morgan fingerprint density at radius 1 is 1.29 bits per heavy atom. The Morgan fingerprint density at radius 2 is 1.95 bits per heavy atom. The van der Waals surface area contributed by atoms with Crippen molar-refractivity contribution in [3.8, 4) is 6.07 Å². The molecular weight excluding hydrogens is 283 g/mol. The van der Waals surface area contributed by atoms with Gasteiger partial charge in [-0.25, -0.2) is 4.98 Å². The molecule has 2 rings (SSSR count). The fraction of sp³-hybridized carbons (Fsp3) is 0.571. The van der Waals surface area contributed by atoms with E-state index in [9.17, 15) is 18.3 Å². The summed E-state index contributed by atoms with van der Waals surface area (Å²) in [6.45, 7) is 0.454. The predicted molar refractivity (Wildman–Crippen MR) is 70.4 cm³/mol. The number of aliphatic hydroxyl groups is 1. The van der Waals surface area contributed by atoms with E-state index >= 15 is 0 Å². The second-order valence-corrected chi connectivity index (χ2v) is 5.26. The maximum absolute atomic E-state index is 12.6. The van der Waals surface area contributed by atoms with Crippen LogP contribution in [0.1, 0.15) is 36.9 Å². The lowest BCUT2D eigenvalue weighted by molar-refractivity contribution is -0.141. The lowest BCUT2D eigenvalue weighted by atomic mass is 9.87. The maximum Gasteiger partial charge on any atom is 0.433 e. The van der Waals surface area contributed by atoms with Gasteiger partial charge >= 0.3 is 6.18 Å². The van der Waals surface area contributed by atoms with Crippen molar-refractivity contribution in [2.45, 2.75) is 38.0 Å². The van der Waals surface area contributed by atoms with E-state index in [1.807, 2.05) is 6.07 Å². The number of hydrogen-bond acceptors (Lipinski definition) is 4. The van der Waals surface area contributed by atoms with Crippen LogP contribution in [0.15, 0.2) is 12.1 Å². The molecule has 1 aromatic rings. The van der Waals surface area contributed by atoms with Crippen LogP contribution in [0, 0.1) is 17.2 Å². The maximum atomic E-state index is 12.6. The molecule has 21 heavy (non-hydrogen) atoms. The van der Waals surface area contributed by atoms with Gasteiger partial charge in [0.25, 0.3) is 0 Å². The number of rotatable bonds is 3. The average Bonchev–Trinajstić information content (AvgIpc) is 2.45. The van der Waals surface area contributed by atoms with E-state index in [1.165, 1.54) is 0 Å². The number of anilines is 1. The van der Waals surface area contributed by atoms with Gasteiger partial charge in [0.15, 0.2) is 0 Å². The first-order valence-electron chi connectivity index (χ1n) is 6.80. The molecule has 0 aromatic carbocycles. The SMILES string of the molecule is N#Cc1ccc(C(F)(F)F)nc1NCC1CCC(O)CC1. The highest BCUT2D eigenvalue weighted by Crippen LogP contribution is 2.30. The first-order chi connectivity index (χ1) is 9.90. The quantitative estimate of drug-likeness (QED) is 0.900. The number of nitriles is 1. The fourth-order valence-corrected chi connectivity index (χ4v) is 2.43. The van der Waals surface area contributed by atoms with Gasteiger partial charge in [-0.2, -0.15) is 18.4 Å². The molecule has 0 bridgehead atoms. The summed E-state index contributed by atoms with van der Waals surface area (Å²) in [4.78, 5) is 3.51. The summed E-state index contributed by atoms with van der Waals surface area (Å²) in [6.07, 6.45) is -1.77. The second kappa shape index (κ2) is 6.31. The molecule has 0 spiro atoms. The second-order valence-electron chi connectivity index (χ2n) is 5.26. The zero-order chi connectivity index (χ0) is 15.5. The summed E-state index contributed by atoms with van der Waals surface area (Å²) in [6, 6.07) is 3.77. The summed E-state index contributed by atoms with van der Waals surface area (Å²) in [5.41, 5.74) is -0.915. The van der Waals surface area contributed by atoms with Crippen molar-refractivity contribution >= 4 is 5.82 Å². The highest BCUT2D eigenvalue weighted by Gasteiger charge is 2.33. The van der Waals surface area contributed by atoms with Crippen LogP contribution >= 0.6 is 0 Å². The van der Waals surface area contributed by atoms with Crippen molar-refractivity contribution in [1.82, 2.24) is 4.98 Å². The lowest BCUT2D eigenvalue weighted by Gasteiger charge is -2.25. The number of halogens is 3. The van der Waals surface area contributed by atoms with Gasteiger partial charge in [-0.1, -0.05) is 0 Å². The lowest BCUT2D eigenvalue weighted by Crippen LogP contribution is -2.24. The number of nitrogens with one attached hydrogen (secondary N) is 1. The van der Waals surface area contributed by atoms with E-state index in [1.54, 1.807) is 0 Å². The molecule has 1 heterocycles. The van der Waals surface area contributed by atoms with Gasteiger partial charge in [0.05, 0.1) is 11.7 Å². The molecule has 1 aromatic heterocycles. The van der Waals surface area contributed by atoms with Gasteiger partial charge in [-0.3, -0.25) is 0 Å². The van der Waals surface area contributed by atoms with Crippen molar-refractivity contribution < 1.29 is 18.3 Å². The molecule has 0 saturated heterocycles. The molecule has 1 aliphatic rings. The van der Waals surface area contributed by atoms with Crippen LogP contribution in [0.3, 0.4) is 0 Å². The Labute approximate surface area is 120 Å². The zero-order valence-corrected chi connectivity index (χ0v) is 11.3. The number of nitrogens with zero attached hydrogens (tertiary/aromatic N) is 2. The molecule has 0 aliphatic heterocycles. The first-order valence-corrected chi connectivity index (χ1v) is 6.80. The largest absolute Gasteiger partial charge is 0.433 e. The van der Waals surface area contributed by atoms with Gasteiger partial charge in [-0.15, -0.1) is 0 Å². The third-order valence-corrected chi connectivity index (χ3v) is 3.68. The molecular formula is C14H16F3N3O. The Bertz CT molecular complexity index is 531. The Kier molecular flexibility index (Phi) is 4.68. The number of hydrogen-bond donors (Lipinski definition) is 2. The molecule has 114 valence electrons. The number of aromatic nitrogens is 1. The van der Waals surface area contributed by atoms with Crippen LogP contribution in [0.4, 0.5) is 19.0 Å². The molecule has 4 nitrogen and oxygen atoms in total. The van der Waals surface area contributed by atoms with E-state index in [2.05, 4.69) is 10.3 Å². The van der Waals surface area contributed by atoms with Crippen molar-refractivity contribution in [3.63, 3.8) is 0 Å². The van der Waals surface area contributed by atoms with Crippen LogP contribution < -0.4 is 5.32 Å². The normalized spacial score (nSPS) is 22.6. The van der Waals surface area contributed by atoms with Crippen LogP contribution in [0.5, 0.6) is 0 Å². The highest BCUT2D eigenvalue weighted by molar-refractivity contribution is 5.52. The molecule has 0 radical (unpaired) electrons. The zero-order valence-electron chi connectivity index (χ0n) is 11.3. The van der Waals surface area contributed by atoms with E-state index in [-0.39, 0.29) is 23.4 Å². The Morgan fingerprint density at radius 3 is 2.52 bits per heavy atom. The fourth-order valence-electron chi connectivity index (χ4n) is 2.43. The molecule has 0 atom stereocenters. The van der Waals surface area contributed by atoms with Gasteiger partial charge in [0.2, 0.25) is 0 Å². The minimum Gasteiger partial charge on any atom is -0.393 e. The molecule has 1 aliphatic carbocycles. The number of pyridine rings is 1. The van der Waals surface area contributed by atoms with Gasteiger partial charge < -0.3 is 10.4 Å². The monoisotopic (exact) mass is 299 g/mol. The summed E-state index contributed by atoms with van der Waals surface area (Å²) in [5.74, 6) is 0.245.